The van der Waals surface area contributed by atoms with Gasteiger partial charge < -0.3 is 5.11 Å². The Morgan fingerprint density at radius 2 is 1.16 bits per heavy atom. The molecule has 0 fully saturated rings. The number of fused-ring (bicyclic) bond motifs is 1. The van der Waals surface area contributed by atoms with Crippen molar-refractivity contribution in [2.24, 2.45) is 0 Å². The van der Waals surface area contributed by atoms with Crippen LogP contribution in [0.4, 0.5) is 0 Å². The van der Waals surface area contributed by atoms with Crippen LogP contribution in [0.2, 0.25) is 0 Å². The molecule has 0 unspecified atom stereocenters. The molecule has 4 nitrogen and oxygen atoms in total. The third kappa shape index (κ3) is 8.29. The van der Waals surface area contributed by atoms with Gasteiger partial charge in [-0.15, -0.1) is 0 Å². The van der Waals surface area contributed by atoms with E-state index in [0.29, 0.717) is 39.1 Å². The van der Waals surface area contributed by atoms with Gasteiger partial charge in [-0.25, -0.2) is 4.98 Å². The van der Waals surface area contributed by atoms with Crippen LogP contribution in [0.25, 0.3) is 83.9 Å². The van der Waals surface area contributed by atoms with Crippen LogP contribution in [-0.2, 0) is 16.2 Å². The Morgan fingerprint density at radius 3 is 1.86 bits per heavy atom. The first-order chi connectivity index (χ1) is 37.2. The summed E-state index contributed by atoms with van der Waals surface area (Å²) in [7, 11) is 0. The first-order valence-corrected chi connectivity index (χ1v) is 21.1. The van der Waals surface area contributed by atoms with Crippen molar-refractivity contribution in [3.63, 3.8) is 0 Å². The van der Waals surface area contributed by atoms with E-state index < -0.39 is 85.1 Å². The fraction of sp³-hybridized carbons (Fsp3) is 0.200. The lowest BCUT2D eigenvalue weighted by atomic mass is 9.84. The molecular weight excluding hydrogens is 779 g/mol. The largest absolute Gasteiger partial charge is 0.507 e. The maximum Gasteiger partial charge on any atom is 0.149 e. The minimum absolute atomic E-state index is 0.00143. The van der Waals surface area contributed by atoms with E-state index in [0.717, 1.165) is 27.9 Å². The Bertz CT molecular complexity index is 3840. The Labute approximate surface area is 401 Å². The summed E-state index contributed by atoms with van der Waals surface area (Å²) in [6.45, 7) is 1.13. The Hall–Kier alpha value is -7.04. The van der Waals surface area contributed by atoms with Gasteiger partial charge in [-0.2, -0.15) is 0 Å². The monoisotopic (exact) mass is 852 g/mol. The molecule has 0 aliphatic heterocycles. The van der Waals surface area contributed by atoms with Gasteiger partial charge in [0.15, 0.2) is 0 Å². The van der Waals surface area contributed by atoms with Crippen LogP contribution in [-0.4, -0.2) is 19.6 Å². The summed E-state index contributed by atoms with van der Waals surface area (Å²) >= 11 is 0. The first-order valence-electron chi connectivity index (χ1n) is 29.1. The minimum Gasteiger partial charge on any atom is -0.507 e. The number of pyridine rings is 1. The standard InChI is InChI=1S/C60H57N3O/c1-58(2,3)46-26-22-40(23-27-46)42-32-33-61-52(37-42)45-35-43(39-16-11-10-12-17-39)34-44(36-45)50-19-15-20-53-56(50)62-57(51-18-13-14-21-55(51)64)63(53)54-38-48(60(7,8)9)30-31-49(54)41-24-28-47(29-25-41)59(4,5)6/h10-38,64H,1-9H3/i1D3,2D3,3D3,22D,23D,26D,27D,32D,33D,37D. The number of hydrogen-bond donors (Lipinski definition) is 1. The summed E-state index contributed by atoms with van der Waals surface area (Å²) in [6.07, 6.45) is -0.741. The van der Waals surface area contributed by atoms with Gasteiger partial charge in [-0.3, -0.25) is 9.55 Å². The van der Waals surface area contributed by atoms with Crippen molar-refractivity contribution in [2.45, 2.75) is 78.3 Å². The van der Waals surface area contributed by atoms with Crippen molar-refractivity contribution in [3.05, 3.63) is 193 Å². The molecular formula is C60H57N3O. The highest BCUT2D eigenvalue weighted by Gasteiger charge is 2.25. The number of benzene rings is 7. The van der Waals surface area contributed by atoms with Gasteiger partial charge in [0.2, 0.25) is 0 Å². The molecule has 0 saturated heterocycles. The fourth-order valence-corrected chi connectivity index (χ4v) is 7.92. The molecule has 0 atom stereocenters. The van der Waals surface area contributed by atoms with Crippen molar-refractivity contribution in [2.75, 3.05) is 0 Å². The van der Waals surface area contributed by atoms with Crippen molar-refractivity contribution >= 4 is 11.0 Å². The summed E-state index contributed by atoms with van der Waals surface area (Å²) in [5.74, 6) is 0.437. The van der Waals surface area contributed by atoms with Crippen LogP contribution in [0.1, 0.15) is 101 Å². The quantitative estimate of drug-likeness (QED) is 0.174. The number of phenolic OH excluding ortho intramolecular Hbond substituents is 1. The Kier molecular flexibility index (Phi) is 6.91. The summed E-state index contributed by atoms with van der Waals surface area (Å²) in [4.78, 5) is 9.81. The van der Waals surface area contributed by atoms with Crippen LogP contribution >= 0.6 is 0 Å². The van der Waals surface area contributed by atoms with E-state index in [1.54, 1.807) is 30.3 Å². The molecule has 0 saturated carbocycles. The maximum absolute atomic E-state index is 11.6. The molecule has 0 radical (unpaired) electrons. The molecule has 318 valence electrons. The second-order valence-electron chi connectivity index (χ2n) is 18.1. The SMILES string of the molecule is [2H]c1nc(-c2cc(-c3ccccc3)cc(-c3cccc4c3nc(-c3ccccc3O)n4-c3cc(C(C)(C)C)ccc3-c3ccc(C(C)(C)C)cc3)c2)c([2H])c(-c2c([2H])c([2H])c(C(C([2H])([2H])[2H])(C([2H])([2H])[2H])C([2H])([2H])[2H])c([2H])c2[2H])c1[2H]. The van der Waals surface area contributed by atoms with Crippen LogP contribution in [0.15, 0.2) is 176 Å². The molecule has 0 spiro atoms. The van der Waals surface area contributed by atoms with Gasteiger partial charge in [0.05, 0.1) is 37.6 Å². The first kappa shape index (κ1) is 27.2. The van der Waals surface area contributed by atoms with E-state index in [-0.39, 0.29) is 27.8 Å². The number of nitrogens with zero attached hydrogens (tertiary/aromatic N) is 3. The number of aromatic hydroxyl groups is 1. The predicted molar refractivity (Wildman–Crippen MR) is 269 cm³/mol. The molecule has 7 aromatic carbocycles. The average molecular weight is 852 g/mol. The molecule has 0 amide bonds. The molecule has 9 aromatic rings. The van der Waals surface area contributed by atoms with E-state index in [2.05, 4.69) is 93.6 Å². The second kappa shape index (κ2) is 16.3. The normalized spacial score (nSPS) is 16.4. The molecule has 0 aliphatic carbocycles. The van der Waals surface area contributed by atoms with Gasteiger partial charge in [-0.05, 0) is 121 Å². The van der Waals surface area contributed by atoms with Gasteiger partial charge >= 0.3 is 0 Å². The molecule has 4 heteroatoms. The molecule has 2 aromatic heterocycles. The van der Waals surface area contributed by atoms with Gasteiger partial charge in [0.1, 0.15) is 11.6 Å². The topological polar surface area (TPSA) is 50.9 Å². The highest BCUT2D eigenvalue weighted by Crippen LogP contribution is 2.43. The van der Waals surface area contributed by atoms with E-state index >= 15 is 0 Å². The van der Waals surface area contributed by atoms with Gasteiger partial charge in [0.25, 0.3) is 0 Å². The summed E-state index contributed by atoms with van der Waals surface area (Å²) < 4.78 is 141. The van der Waals surface area contributed by atoms with E-state index in [4.69, 9.17) is 22.8 Å². The predicted octanol–water partition coefficient (Wildman–Crippen LogP) is 16.0. The molecule has 9 rings (SSSR count). The fourth-order valence-electron chi connectivity index (χ4n) is 7.92. The summed E-state index contributed by atoms with van der Waals surface area (Å²) in [6, 6.07) is 35.9. The maximum atomic E-state index is 11.6. The third-order valence-corrected chi connectivity index (χ3v) is 11.5. The zero-order valence-electron chi connectivity index (χ0n) is 52.5. The second-order valence-corrected chi connectivity index (χ2v) is 18.1. The van der Waals surface area contributed by atoms with Gasteiger partial charge in [-0.1, -0.05) is 177 Å². The van der Waals surface area contributed by atoms with E-state index in [1.807, 2.05) is 60.7 Å². The Morgan fingerprint density at radius 1 is 0.500 bits per heavy atom. The zero-order chi connectivity index (χ0) is 58.6. The van der Waals surface area contributed by atoms with Crippen LogP contribution < -0.4 is 0 Å². The number of para-hydroxylation sites is 2. The lowest BCUT2D eigenvalue weighted by molar-refractivity contribution is 0.477. The van der Waals surface area contributed by atoms with Crippen molar-refractivity contribution < 1.29 is 27.0 Å². The number of phenols is 1. The summed E-state index contributed by atoms with van der Waals surface area (Å²) in [5, 5.41) is 11.6. The van der Waals surface area contributed by atoms with Crippen molar-refractivity contribution in [3.8, 4) is 78.6 Å². The minimum atomic E-state index is -3.93. The average Bonchev–Trinajstić information content (AvgIpc) is 2.90. The number of imidazole rings is 1. The smallest absolute Gasteiger partial charge is 0.149 e. The number of aromatic nitrogens is 3. The van der Waals surface area contributed by atoms with Crippen LogP contribution in [0, 0.1) is 0 Å². The van der Waals surface area contributed by atoms with Crippen LogP contribution in [0.5, 0.6) is 5.75 Å². The molecule has 0 aliphatic rings. The third-order valence-electron chi connectivity index (χ3n) is 11.5. The summed E-state index contributed by atoms with van der Waals surface area (Å²) in [5.41, 5.74) is 1.97. The molecule has 1 N–H and O–H groups in total. The van der Waals surface area contributed by atoms with E-state index in [1.165, 1.54) is 5.56 Å². The lowest BCUT2D eigenvalue weighted by Gasteiger charge is -2.24. The van der Waals surface area contributed by atoms with Crippen molar-refractivity contribution in [1.29, 1.82) is 0 Å². The zero-order valence-corrected chi connectivity index (χ0v) is 36.5. The lowest BCUT2D eigenvalue weighted by Crippen LogP contribution is -2.13. The molecule has 2 heterocycles. The highest BCUT2D eigenvalue weighted by molar-refractivity contribution is 5.98. The molecule has 0 bridgehead atoms. The van der Waals surface area contributed by atoms with Crippen LogP contribution in [0.3, 0.4) is 0 Å². The number of rotatable bonds is 7. The van der Waals surface area contributed by atoms with Gasteiger partial charge in [0, 0.05) is 35.2 Å². The van der Waals surface area contributed by atoms with E-state index in [9.17, 15) is 9.22 Å². The highest BCUT2D eigenvalue weighted by atomic mass is 16.3. The van der Waals surface area contributed by atoms with Crippen molar-refractivity contribution in [1.82, 2.24) is 14.5 Å². The number of hydrogen-bond acceptors (Lipinski definition) is 3. The Balaban J connectivity index is 1.33. The molecule has 64 heavy (non-hydrogen) atoms.